The molecule has 2 aliphatic carbocycles. The summed E-state index contributed by atoms with van der Waals surface area (Å²) in [7, 11) is -3.12. The Morgan fingerprint density at radius 2 is 1.93 bits per heavy atom. The van der Waals surface area contributed by atoms with Crippen LogP contribution >= 0.6 is 11.6 Å². The SMILES string of the molecule is O=S(=O)(C1CC1)N1CCC(C#Cc2cnc(Cl)cc2NC2CCC(O)CC2)C1. The average Bonchev–Trinajstić information content (AvgIpc) is 3.42. The Morgan fingerprint density at radius 3 is 2.64 bits per heavy atom. The number of aliphatic hydroxyl groups is 1. The molecule has 8 heteroatoms. The van der Waals surface area contributed by atoms with E-state index in [4.69, 9.17) is 11.6 Å². The predicted molar refractivity (Wildman–Crippen MR) is 110 cm³/mol. The number of pyridine rings is 1. The van der Waals surface area contributed by atoms with Gasteiger partial charge in [0.1, 0.15) is 5.15 Å². The van der Waals surface area contributed by atoms with Gasteiger partial charge in [-0.1, -0.05) is 23.4 Å². The summed E-state index contributed by atoms with van der Waals surface area (Å²) in [6, 6.07) is 2.07. The number of nitrogens with zero attached hydrogens (tertiary/aromatic N) is 2. The van der Waals surface area contributed by atoms with Gasteiger partial charge in [0.25, 0.3) is 0 Å². The van der Waals surface area contributed by atoms with Gasteiger partial charge in [-0.3, -0.25) is 0 Å². The van der Waals surface area contributed by atoms with Gasteiger partial charge in [-0.2, -0.15) is 0 Å². The van der Waals surface area contributed by atoms with Crippen molar-refractivity contribution in [2.45, 2.75) is 62.3 Å². The van der Waals surface area contributed by atoms with E-state index in [1.165, 1.54) is 0 Å². The minimum atomic E-state index is -3.12. The van der Waals surface area contributed by atoms with Gasteiger partial charge in [0.15, 0.2) is 0 Å². The molecule has 2 N–H and O–H groups in total. The van der Waals surface area contributed by atoms with E-state index < -0.39 is 10.0 Å². The van der Waals surface area contributed by atoms with Crippen molar-refractivity contribution in [2.24, 2.45) is 5.92 Å². The number of anilines is 1. The average molecular weight is 424 g/mol. The Bertz CT molecular complexity index is 884. The minimum Gasteiger partial charge on any atom is -0.393 e. The van der Waals surface area contributed by atoms with Crippen molar-refractivity contribution in [1.29, 1.82) is 0 Å². The first-order valence-electron chi connectivity index (χ1n) is 10.0. The molecule has 0 bridgehead atoms. The van der Waals surface area contributed by atoms with E-state index in [0.717, 1.165) is 56.2 Å². The van der Waals surface area contributed by atoms with Gasteiger partial charge in [-0.15, -0.1) is 0 Å². The van der Waals surface area contributed by atoms with Crippen LogP contribution in [0.1, 0.15) is 50.5 Å². The maximum absolute atomic E-state index is 12.4. The molecular formula is C20H26ClN3O3S. The Balaban J connectivity index is 1.44. The smallest absolute Gasteiger partial charge is 0.217 e. The summed E-state index contributed by atoms with van der Waals surface area (Å²) in [6.07, 6.45) is 7.23. The number of rotatable bonds is 4. The molecule has 6 nitrogen and oxygen atoms in total. The van der Waals surface area contributed by atoms with Gasteiger partial charge >= 0.3 is 0 Å². The van der Waals surface area contributed by atoms with E-state index in [1.54, 1.807) is 16.6 Å². The molecule has 0 radical (unpaired) electrons. The van der Waals surface area contributed by atoms with Gasteiger partial charge in [0.2, 0.25) is 10.0 Å². The lowest BCUT2D eigenvalue weighted by molar-refractivity contribution is 0.126. The maximum Gasteiger partial charge on any atom is 0.217 e. The molecule has 0 amide bonds. The highest BCUT2D eigenvalue weighted by Gasteiger charge is 2.42. The number of hydrogen-bond acceptors (Lipinski definition) is 5. The third-order valence-electron chi connectivity index (χ3n) is 5.79. The van der Waals surface area contributed by atoms with Gasteiger partial charge in [0.05, 0.1) is 22.6 Å². The Kier molecular flexibility index (Phi) is 5.84. The van der Waals surface area contributed by atoms with Gasteiger partial charge in [-0.05, 0) is 51.0 Å². The summed E-state index contributed by atoms with van der Waals surface area (Å²) in [4.78, 5) is 4.15. The Morgan fingerprint density at radius 1 is 1.18 bits per heavy atom. The molecule has 28 heavy (non-hydrogen) atoms. The second-order valence-corrected chi connectivity index (χ2v) is 10.7. The lowest BCUT2D eigenvalue weighted by Crippen LogP contribution is -2.31. The quantitative estimate of drug-likeness (QED) is 0.574. The van der Waals surface area contributed by atoms with E-state index >= 15 is 0 Å². The van der Waals surface area contributed by atoms with Crippen LogP contribution in [0.5, 0.6) is 0 Å². The highest BCUT2D eigenvalue weighted by molar-refractivity contribution is 7.90. The molecule has 1 atom stereocenters. The van der Waals surface area contributed by atoms with E-state index in [1.807, 2.05) is 0 Å². The van der Waals surface area contributed by atoms with Crippen LogP contribution in [0.4, 0.5) is 5.69 Å². The summed E-state index contributed by atoms with van der Waals surface area (Å²) < 4.78 is 26.4. The third-order valence-corrected chi connectivity index (χ3v) is 8.37. The first-order chi connectivity index (χ1) is 13.4. The summed E-state index contributed by atoms with van der Waals surface area (Å²) >= 11 is 6.08. The maximum atomic E-state index is 12.4. The largest absolute Gasteiger partial charge is 0.393 e. The fourth-order valence-corrected chi connectivity index (χ4v) is 5.98. The van der Waals surface area contributed by atoms with Crippen molar-refractivity contribution < 1.29 is 13.5 Å². The summed E-state index contributed by atoms with van der Waals surface area (Å²) in [5.74, 6) is 6.48. The number of nitrogens with one attached hydrogen (secondary N) is 1. The molecule has 4 rings (SSSR count). The fraction of sp³-hybridized carbons (Fsp3) is 0.650. The molecule has 152 valence electrons. The van der Waals surface area contributed by atoms with Gasteiger partial charge in [-0.25, -0.2) is 17.7 Å². The van der Waals surface area contributed by atoms with Crippen molar-refractivity contribution >= 4 is 27.3 Å². The van der Waals surface area contributed by atoms with Crippen molar-refractivity contribution in [3.8, 4) is 11.8 Å². The molecule has 1 unspecified atom stereocenters. The summed E-state index contributed by atoms with van der Waals surface area (Å²) in [5, 5.41) is 13.4. The number of halogens is 1. The summed E-state index contributed by atoms with van der Waals surface area (Å²) in [6.45, 7) is 1.04. The zero-order valence-electron chi connectivity index (χ0n) is 15.8. The standard InChI is InChI=1S/C20H26ClN3O3S/c21-20-11-19(23-16-3-5-17(25)6-4-16)15(12-22-20)2-1-14-9-10-24(13-14)28(26,27)18-7-8-18/h11-12,14,16-18,25H,3-10,13H2,(H,22,23). The third kappa shape index (κ3) is 4.62. The zero-order chi connectivity index (χ0) is 19.7. The van der Waals surface area contributed by atoms with Crippen LogP contribution in [0.3, 0.4) is 0 Å². The van der Waals surface area contributed by atoms with E-state index in [2.05, 4.69) is 22.1 Å². The molecule has 3 fully saturated rings. The monoisotopic (exact) mass is 423 g/mol. The lowest BCUT2D eigenvalue weighted by Gasteiger charge is -2.27. The van der Waals surface area contributed by atoms with Crippen LogP contribution < -0.4 is 5.32 Å². The lowest BCUT2D eigenvalue weighted by atomic mass is 9.93. The van der Waals surface area contributed by atoms with Crippen molar-refractivity contribution in [3.63, 3.8) is 0 Å². The first-order valence-corrected chi connectivity index (χ1v) is 11.9. The zero-order valence-corrected chi connectivity index (χ0v) is 17.3. The van der Waals surface area contributed by atoms with E-state index in [-0.39, 0.29) is 23.3 Å². The highest BCUT2D eigenvalue weighted by atomic mass is 35.5. The van der Waals surface area contributed by atoms with Crippen molar-refractivity contribution in [2.75, 3.05) is 18.4 Å². The number of aromatic nitrogens is 1. The van der Waals surface area contributed by atoms with Crippen molar-refractivity contribution in [1.82, 2.24) is 9.29 Å². The molecule has 2 saturated carbocycles. The van der Waals surface area contributed by atoms with Crippen LogP contribution in [0, 0.1) is 17.8 Å². The molecule has 0 aromatic carbocycles. The van der Waals surface area contributed by atoms with Crippen LogP contribution in [-0.2, 0) is 10.0 Å². The first kappa shape index (κ1) is 20.0. The molecule has 2 heterocycles. The summed E-state index contributed by atoms with van der Waals surface area (Å²) in [5.41, 5.74) is 1.63. The second-order valence-electron chi connectivity index (χ2n) is 8.06. The van der Waals surface area contributed by atoms with Gasteiger partial charge in [0, 0.05) is 31.2 Å². The minimum absolute atomic E-state index is 0.0434. The topological polar surface area (TPSA) is 82.5 Å². The highest BCUT2D eigenvalue weighted by Crippen LogP contribution is 2.33. The Hall–Kier alpha value is -1.33. The Labute approximate surface area is 171 Å². The molecule has 1 aromatic heterocycles. The molecule has 0 spiro atoms. The number of hydrogen-bond donors (Lipinski definition) is 2. The van der Waals surface area contributed by atoms with E-state index in [0.29, 0.717) is 18.2 Å². The number of sulfonamides is 1. The fourth-order valence-electron chi connectivity index (χ4n) is 3.92. The predicted octanol–water partition coefficient (Wildman–Crippen LogP) is 2.62. The van der Waals surface area contributed by atoms with Gasteiger partial charge < -0.3 is 10.4 Å². The van der Waals surface area contributed by atoms with Crippen LogP contribution in [0.15, 0.2) is 12.3 Å². The molecule has 3 aliphatic rings. The van der Waals surface area contributed by atoms with Crippen LogP contribution in [0.2, 0.25) is 5.15 Å². The molecular weight excluding hydrogens is 398 g/mol. The number of aliphatic hydroxyl groups excluding tert-OH is 1. The van der Waals surface area contributed by atoms with E-state index in [9.17, 15) is 13.5 Å². The van der Waals surface area contributed by atoms with Crippen LogP contribution in [0.25, 0.3) is 0 Å². The molecule has 1 saturated heterocycles. The normalized spacial score (nSPS) is 28.6. The van der Waals surface area contributed by atoms with Crippen molar-refractivity contribution in [3.05, 3.63) is 23.0 Å². The molecule has 1 aliphatic heterocycles. The molecule has 1 aromatic rings. The van der Waals surface area contributed by atoms with Crippen LogP contribution in [-0.4, -0.2) is 53.3 Å². The second kappa shape index (κ2) is 8.19.